The summed E-state index contributed by atoms with van der Waals surface area (Å²) in [6.45, 7) is 0.763. The van der Waals surface area contributed by atoms with Crippen molar-refractivity contribution < 1.29 is 19.2 Å². The van der Waals surface area contributed by atoms with Crippen LogP contribution in [0.4, 0.5) is 9.59 Å². The van der Waals surface area contributed by atoms with Gasteiger partial charge in [-0.05, 0) is 94.7 Å². The lowest BCUT2D eigenvalue weighted by atomic mass is 10.1. The summed E-state index contributed by atoms with van der Waals surface area (Å²) in [6.07, 6.45) is 1.69. The van der Waals surface area contributed by atoms with Crippen LogP contribution in [0.3, 0.4) is 0 Å². The summed E-state index contributed by atoms with van der Waals surface area (Å²) in [7, 11) is 0. The van der Waals surface area contributed by atoms with Crippen molar-refractivity contribution in [2.75, 3.05) is 0 Å². The maximum atomic E-state index is 13.1. The molecule has 2 aliphatic rings. The summed E-state index contributed by atoms with van der Waals surface area (Å²) in [5.74, 6) is -0.830. The second kappa shape index (κ2) is 15.9. The van der Waals surface area contributed by atoms with Crippen LogP contribution in [0.25, 0.3) is 27.9 Å². The molecule has 0 spiro atoms. The highest BCUT2D eigenvalue weighted by Crippen LogP contribution is 2.27. The molecule has 54 heavy (non-hydrogen) atoms. The van der Waals surface area contributed by atoms with E-state index in [0.717, 1.165) is 56.5 Å². The van der Waals surface area contributed by atoms with Gasteiger partial charge in [0.25, 0.3) is 27.5 Å². The number of amides is 4. The van der Waals surface area contributed by atoms with Crippen LogP contribution in [0.2, 0.25) is 10.0 Å². The monoisotopic (exact) mass is 794 g/mol. The summed E-state index contributed by atoms with van der Waals surface area (Å²) < 4.78 is 3.36. The van der Waals surface area contributed by atoms with E-state index in [1.54, 1.807) is 39.5 Å². The van der Waals surface area contributed by atoms with E-state index in [1.807, 2.05) is 78.9 Å². The van der Waals surface area contributed by atoms with Crippen LogP contribution in [0, 0.1) is 0 Å². The molecule has 1 unspecified atom stereocenters. The molecule has 2 N–H and O–H groups in total. The third-order valence-electron chi connectivity index (χ3n) is 8.72. The molecular formula is C40H28Cl2N4O6S2. The lowest BCUT2D eigenvalue weighted by Gasteiger charge is -2.14. The molecule has 8 rings (SSSR count). The maximum absolute atomic E-state index is 13.1. The number of aromatic nitrogens is 2. The molecule has 4 heterocycles. The Hall–Kier alpha value is -5.40. The number of fused-ring (bicyclic) bond motifs is 2. The number of nitrogens with one attached hydrogen (secondary N) is 2. The predicted octanol–water partition coefficient (Wildman–Crippen LogP) is 7.62. The van der Waals surface area contributed by atoms with Crippen LogP contribution >= 0.6 is 46.7 Å². The van der Waals surface area contributed by atoms with Crippen molar-refractivity contribution in [1.82, 2.24) is 19.8 Å². The van der Waals surface area contributed by atoms with Crippen LogP contribution in [-0.4, -0.2) is 36.7 Å². The molecule has 1 atom stereocenters. The fourth-order valence-corrected chi connectivity index (χ4v) is 7.91. The van der Waals surface area contributed by atoms with Gasteiger partial charge in [-0.3, -0.25) is 39.4 Å². The summed E-state index contributed by atoms with van der Waals surface area (Å²) >= 11 is 13.6. The zero-order chi connectivity index (χ0) is 37.9. The number of halogens is 2. The van der Waals surface area contributed by atoms with Gasteiger partial charge in [0, 0.05) is 21.2 Å². The fourth-order valence-electron chi connectivity index (χ4n) is 6.14. The zero-order valence-electron chi connectivity index (χ0n) is 28.1. The van der Waals surface area contributed by atoms with Crippen LogP contribution in [0.15, 0.2) is 124 Å². The second-order valence-electron chi connectivity index (χ2n) is 12.4. The van der Waals surface area contributed by atoms with Crippen molar-refractivity contribution in [2.24, 2.45) is 0 Å². The number of para-hydroxylation sites is 2. The summed E-state index contributed by atoms with van der Waals surface area (Å²) in [5.41, 5.74) is 3.98. The van der Waals surface area contributed by atoms with E-state index in [2.05, 4.69) is 10.6 Å². The van der Waals surface area contributed by atoms with Gasteiger partial charge in [-0.15, -0.1) is 0 Å². The molecule has 10 nitrogen and oxygen atoms in total. The van der Waals surface area contributed by atoms with Gasteiger partial charge in [-0.2, -0.15) is 0 Å². The van der Waals surface area contributed by atoms with Gasteiger partial charge in [0.15, 0.2) is 0 Å². The first-order valence-corrected chi connectivity index (χ1v) is 19.0. The van der Waals surface area contributed by atoms with Crippen molar-refractivity contribution >= 4 is 96.9 Å². The highest BCUT2D eigenvalue weighted by molar-refractivity contribution is 8.18. The van der Waals surface area contributed by atoms with Crippen molar-refractivity contribution in [3.8, 4) is 0 Å². The SMILES string of the molecule is O=C1NC(=O)C(=Cc2cc3ccccc3n(Cc3ccc(Cl)cc3)c2=O)S1.O=C1NC(=O)C(Cc2cc3ccccc3n(Cc3ccc(Cl)cc3)c2=O)S1. The first-order chi connectivity index (χ1) is 26.0. The number of thioether (sulfide) groups is 2. The molecule has 2 aliphatic heterocycles. The average Bonchev–Trinajstić information content (AvgIpc) is 3.66. The molecular weight excluding hydrogens is 768 g/mol. The minimum atomic E-state index is -0.574. The lowest BCUT2D eigenvalue weighted by molar-refractivity contribution is -0.119. The minimum Gasteiger partial charge on any atom is -0.304 e. The topological polar surface area (TPSA) is 136 Å². The Balaban J connectivity index is 0.000000167. The van der Waals surface area contributed by atoms with Crippen LogP contribution < -0.4 is 21.8 Å². The van der Waals surface area contributed by atoms with E-state index in [4.69, 9.17) is 23.2 Å². The molecule has 6 aromatic rings. The van der Waals surface area contributed by atoms with E-state index in [9.17, 15) is 28.8 Å². The van der Waals surface area contributed by atoms with Gasteiger partial charge >= 0.3 is 0 Å². The summed E-state index contributed by atoms with van der Waals surface area (Å²) in [4.78, 5) is 73.0. The molecule has 14 heteroatoms. The number of carbonyl (C=O) groups excluding carboxylic acids is 4. The van der Waals surface area contributed by atoms with Crippen molar-refractivity contribution in [3.63, 3.8) is 0 Å². The number of rotatable bonds is 7. The molecule has 270 valence electrons. The highest BCUT2D eigenvalue weighted by atomic mass is 35.5. The quantitative estimate of drug-likeness (QED) is 0.158. The smallest absolute Gasteiger partial charge is 0.290 e. The number of nitrogens with zero attached hydrogens (tertiary/aromatic N) is 2. The molecule has 4 aromatic carbocycles. The van der Waals surface area contributed by atoms with Crippen LogP contribution in [0.5, 0.6) is 0 Å². The molecule has 2 saturated heterocycles. The van der Waals surface area contributed by atoms with Crippen molar-refractivity contribution in [1.29, 1.82) is 0 Å². The number of benzene rings is 4. The van der Waals surface area contributed by atoms with E-state index in [0.29, 0.717) is 34.3 Å². The first kappa shape index (κ1) is 36.9. The Kier molecular flexibility index (Phi) is 10.9. The van der Waals surface area contributed by atoms with Crippen molar-refractivity contribution in [2.45, 2.75) is 24.8 Å². The molecule has 2 aromatic heterocycles. The second-order valence-corrected chi connectivity index (χ2v) is 15.4. The largest absolute Gasteiger partial charge is 0.304 e. The first-order valence-electron chi connectivity index (χ1n) is 16.5. The Morgan fingerprint density at radius 2 is 1.17 bits per heavy atom. The third kappa shape index (κ3) is 8.22. The highest BCUT2D eigenvalue weighted by Gasteiger charge is 2.32. The Labute approximate surface area is 326 Å². The van der Waals surface area contributed by atoms with Gasteiger partial charge in [0.1, 0.15) is 0 Å². The molecule has 0 bridgehead atoms. The van der Waals surface area contributed by atoms with Gasteiger partial charge in [-0.1, -0.05) is 95.6 Å². The Morgan fingerprint density at radius 1 is 0.630 bits per heavy atom. The predicted molar refractivity (Wildman–Crippen MR) is 215 cm³/mol. The van der Waals surface area contributed by atoms with Gasteiger partial charge in [-0.25, -0.2) is 0 Å². The number of hydrogen-bond donors (Lipinski definition) is 2. The minimum absolute atomic E-state index is 0.156. The molecule has 0 radical (unpaired) electrons. The van der Waals surface area contributed by atoms with Crippen LogP contribution in [0.1, 0.15) is 22.3 Å². The lowest BCUT2D eigenvalue weighted by Crippen LogP contribution is -2.30. The number of imide groups is 2. The summed E-state index contributed by atoms with van der Waals surface area (Å²) in [5, 5.41) is 6.13. The van der Waals surface area contributed by atoms with E-state index in [-0.39, 0.29) is 33.6 Å². The maximum Gasteiger partial charge on any atom is 0.290 e. The third-order valence-corrected chi connectivity index (χ3v) is 11.0. The van der Waals surface area contributed by atoms with E-state index < -0.39 is 16.4 Å². The standard InChI is InChI=1S/C20H15ClN2O3S.C20H13ClN2O3S/c2*21-15-7-5-12(6-8-15)11-23-16-4-2-1-3-13(16)9-14(19(23)25)10-17-18(24)22-20(26)27-17/h1-9,17H,10-11H2,(H,22,24,26);1-10H,11H2,(H,22,24,26). The molecule has 2 fully saturated rings. The Bertz CT molecular complexity index is 2640. The zero-order valence-corrected chi connectivity index (χ0v) is 31.2. The number of carbonyl (C=O) groups is 4. The van der Waals surface area contributed by atoms with Gasteiger partial charge < -0.3 is 9.13 Å². The molecule has 0 saturated carbocycles. The van der Waals surface area contributed by atoms with E-state index in [1.165, 1.54) is 6.08 Å². The summed E-state index contributed by atoms with van der Waals surface area (Å²) in [6, 6.07) is 33.4. The average molecular weight is 796 g/mol. The number of hydrogen-bond acceptors (Lipinski definition) is 8. The van der Waals surface area contributed by atoms with Gasteiger partial charge in [0.05, 0.1) is 34.3 Å². The van der Waals surface area contributed by atoms with E-state index >= 15 is 0 Å². The van der Waals surface area contributed by atoms with Crippen molar-refractivity contribution in [3.05, 3.63) is 167 Å². The molecule has 4 amide bonds. The fraction of sp³-hybridized carbons (Fsp3) is 0.100. The normalized spacial score (nSPS) is 16.1. The number of pyridine rings is 2. The Morgan fingerprint density at radius 3 is 1.69 bits per heavy atom. The van der Waals surface area contributed by atoms with Crippen LogP contribution in [-0.2, 0) is 29.1 Å². The van der Waals surface area contributed by atoms with Gasteiger partial charge in [0.2, 0.25) is 5.91 Å². The molecule has 0 aliphatic carbocycles.